The maximum absolute atomic E-state index is 8.89. The zero-order chi connectivity index (χ0) is 14.5. The second kappa shape index (κ2) is 12.5. The molecular formula is C16H33NO2. The van der Waals surface area contributed by atoms with Crippen molar-refractivity contribution in [3.05, 3.63) is 0 Å². The first kappa shape index (κ1) is 18.4. The molecule has 0 aromatic carbocycles. The number of carbonyl (C=O) groups excluding carboxylic acids is 1. The SMILES string of the molecule is CC(=O)[O-].CCCCCC[NH+]1CCC(CCC)CC1. The first-order valence-corrected chi connectivity index (χ1v) is 8.11. The zero-order valence-electron chi connectivity index (χ0n) is 13.2. The van der Waals surface area contributed by atoms with Gasteiger partial charge in [0.15, 0.2) is 0 Å². The topological polar surface area (TPSA) is 44.6 Å². The number of unbranched alkanes of at least 4 members (excludes halogenated alkanes) is 3. The largest absolute Gasteiger partial charge is 0.550 e. The van der Waals surface area contributed by atoms with Crippen molar-refractivity contribution < 1.29 is 14.8 Å². The maximum Gasteiger partial charge on any atom is 0.0773 e. The molecule has 0 aromatic rings. The molecule has 0 saturated carbocycles. The number of carboxylic acids is 1. The number of quaternary nitrogens is 1. The van der Waals surface area contributed by atoms with Crippen molar-refractivity contribution in [1.29, 1.82) is 0 Å². The van der Waals surface area contributed by atoms with Crippen molar-refractivity contribution >= 4 is 5.97 Å². The number of aliphatic carboxylic acids is 1. The van der Waals surface area contributed by atoms with E-state index < -0.39 is 5.97 Å². The lowest BCUT2D eigenvalue weighted by molar-refractivity contribution is -0.906. The van der Waals surface area contributed by atoms with Crippen LogP contribution in [0, 0.1) is 5.92 Å². The van der Waals surface area contributed by atoms with Gasteiger partial charge in [-0.05, 0) is 38.5 Å². The minimum Gasteiger partial charge on any atom is -0.550 e. The Bertz CT molecular complexity index is 204. The molecule has 0 aliphatic carbocycles. The molecule has 19 heavy (non-hydrogen) atoms. The fourth-order valence-corrected chi connectivity index (χ4v) is 2.83. The van der Waals surface area contributed by atoms with Crippen molar-refractivity contribution in [2.24, 2.45) is 5.92 Å². The van der Waals surface area contributed by atoms with Gasteiger partial charge in [0.25, 0.3) is 0 Å². The smallest absolute Gasteiger partial charge is 0.0773 e. The summed E-state index contributed by atoms with van der Waals surface area (Å²) >= 11 is 0. The van der Waals surface area contributed by atoms with Crippen molar-refractivity contribution in [2.45, 2.75) is 72.1 Å². The number of hydrogen-bond acceptors (Lipinski definition) is 2. The minimum absolute atomic E-state index is 0.972. The third-order valence-electron chi connectivity index (χ3n) is 3.89. The van der Waals surface area contributed by atoms with Gasteiger partial charge in [-0.3, -0.25) is 0 Å². The lowest BCUT2D eigenvalue weighted by Crippen LogP contribution is -3.13. The number of piperidine rings is 1. The van der Waals surface area contributed by atoms with Gasteiger partial charge in [0.2, 0.25) is 0 Å². The summed E-state index contributed by atoms with van der Waals surface area (Å²) in [7, 11) is 0. The Morgan fingerprint density at radius 2 is 1.68 bits per heavy atom. The molecule has 1 heterocycles. The predicted octanol–water partition coefficient (Wildman–Crippen LogP) is 1.42. The van der Waals surface area contributed by atoms with Crippen LogP contribution in [0.25, 0.3) is 0 Å². The summed E-state index contributed by atoms with van der Waals surface area (Å²) in [5, 5.41) is 8.89. The maximum atomic E-state index is 8.89. The van der Waals surface area contributed by atoms with E-state index in [0.717, 1.165) is 12.8 Å². The van der Waals surface area contributed by atoms with Crippen molar-refractivity contribution in [1.82, 2.24) is 0 Å². The Morgan fingerprint density at radius 3 is 2.16 bits per heavy atom. The van der Waals surface area contributed by atoms with E-state index in [2.05, 4.69) is 13.8 Å². The summed E-state index contributed by atoms with van der Waals surface area (Å²) in [5.41, 5.74) is 0. The van der Waals surface area contributed by atoms with E-state index >= 15 is 0 Å². The van der Waals surface area contributed by atoms with Gasteiger partial charge in [0, 0.05) is 5.97 Å². The molecule has 1 aliphatic rings. The molecule has 0 atom stereocenters. The summed E-state index contributed by atoms with van der Waals surface area (Å²) in [5.74, 6) is -0.0191. The quantitative estimate of drug-likeness (QED) is 0.712. The van der Waals surface area contributed by atoms with Crippen LogP contribution < -0.4 is 10.0 Å². The number of carboxylic acid groups (broad SMARTS) is 1. The standard InChI is InChI=1S/C14H29N.C2H4O2/c1-3-5-6-7-11-15-12-9-14(8-4-2)10-13-15;1-2(3)4/h14H,3-13H2,1-2H3;1H3,(H,3,4). The number of rotatable bonds is 7. The number of hydrogen-bond donors (Lipinski definition) is 1. The van der Waals surface area contributed by atoms with E-state index in [9.17, 15) is 0 Å². The molecule has 0 aromatic heterocycles. The molecule has 0 spiro atoms. The number of likely N-dealkylation sites (tertiary alicyclic amines) is 1. The second-order valence-electron chi connectivity index (χ2n) is 5.78. The van der Waals surface area contributed by atoms with E-state index in [1.54, 1.807) is 0 Å². The molecule has 1 fully saturated rings. The molecule has 1 N–H and O–H groups in total. The molecule has 1 rings (SSSR count). The third-order valence-corrected chi connectivity index (χ3v) is 3.89. The molecule has 3 nitrogen and oxygen atoms in total. The summed E-state index contributed by atoms with van der Waals surface area (Å²) in [4.78, 5) is 10.8. The Balaban J connectivity index is 0.000000711. The highest BCUT2D eigenvalue weighted by Gasteiger charge is 2.20. The Kier molecular flexibility index (Phi) is 12.1. The highest BCUT2D eigenvalue weighted by molar-refractivity contribution is 5.60. The number of carbonyl (C=O) groups is 1. The molecular weight excluding hydrogens is 238 g/mol. The van der Waals surface area contributed by atoms with E-state index in [0.29, 0.717) is 0 Å². The molecule has 1 saturated heterocycles. The van der Waals surface area contributed by atoms with Gasteiger partial charge in [-0.1, -0.05) is 39.5 Å². The molecule has 0 unspecified atom stereocenters. The summed E-state index contributed by atoms with van der Waals surface area (Å²) in [6, 6.07) is 0. The normalized spacial score (nSPS) is 22.5. The summed E-state index contributed by atoms with van der Waals surface area (Å²) in [6.45, 7) is 9.94. The third kappa shape index (κ3) is 12.2. The Hall–Kier alpha value is -0.570. The molecule has 0 amide bonds. The number of nitrogens with one attached hydrogen (secondary N) is 1. The van der Waals surface area contributed by atoms with Crippen LogP contribution in [0.1, 0.15) is 72.1 Å². The van der Waals surface area contributed by atoms with Gasteiger partial charge in [-0.15, -0.1) is 0 Å². The summed E-state index contributed by atoms with van der Waals surface area (Å²) in [6.07, 6.45) is 11.6. The lowest BCUT2D eigenvalue weighted by atomic mass is 9.92. The minimum atomic E-state index is -1.08. The molecule has 0 bridgehead atoms. The lowest BCUT2D eigenvalue weighted by Gasteiger charge is -2.29. The van der Waals surface area contributed by atoms with E-state index in [1.807, 2.05) is 4.90 Å². The predicted molar refractivity (Wildman–Crippen MR) is 78.0 cm³/mol. The fraction of sp³-hybridized carbons (Fsp3) is 0.938. The van der Waals surface area contributed by atoms with Crippen LogP contribution in [0.15, 0.2) is 0 Å². The highest BCUT2D eigenvalue weighted by atomic mass is 16.4. The van der Waals surface area contributed by atoms with Crippen LogP contribution in [-0.2, 0) is 4.79 Å². The highest BCUT2D eigenvalue weighted by Crippen LogP contribution is 2.15. The average molecular weight is 271 g/mol. The van der Waals surface area contributed by atoms with Gasteiger partial charge >= 0.3 is 0 Å². The van der Waals surface area contributed by atoms with Crippen LogP contribution in [0.3, 0.4) is 0 Å². The molecule has 3 heteroatoms. The first-order valence-electron chi connectivity index (χ1n) is 8.11. The first-order chi connectivity index (χ1) is 9.10. The van der Waals surface area contributed by atoms with E-state index in [1.165, 1.54) is 71.0 Å². The van der Waals surface area contributed by atoms with Crippen molar-refractivity contribution in [3.8, 4) is 0 Å². The summed E-state index contributed by atoms with van der Waals surface area (Å²) < 4.78 is 0. The van der Waals surface area contributed by atoms with Gasteiger partial charge in [0.1, 0.15) is 0 Å². The Labute approximate surface area is 119 Å². The van der Waals surface area contributed by atoms with Crippen LogP contribution in [0.2, 0.25) is 0 Å². The van der Waals surface area contributed by atoms with E-state index in [4.69, 9.17) is 9.90 Å². The monoisotopic (exact) mass is 271 g/mol. The van der Waals surface area contributed by atoms with E-state index in [-0.39, 0.29) is 0 Å². The molecule has 0 radical (unpaired) electrons. The van der Waals surface area contributed by atoms with Crippen LogP contribution in [-0.4, -0.2) is 25.6 Å². The molecule has 1 aliphatic heterocycles. The zero-order valence-corrected chi connectivity index (χ0v) is 13.2. The second-order valence-corrected chi connectivity index (χ2v) is 5.78. The van der Waals surface area contributed by atoms with Crippen LogP contribution in [0.5, 0.6) is 0 Å². The van der Waals surface area contributed by atoms with Gasteiger partial charge in [-0.25, -0.2) is 0 Å². The van der Waals surface area contributed by atoms with Gasteiger partial charge in [-0.2, -0.15) is 0 Å². The van der Waals surface area contributed by atoms with Crippen LogP contribution in [0.4, 0.5) is 0 Å². The average Bonchev–Trinajstić information content (AvgIpc) is 2.36. The van der Waals surface area contributed by atoms with Gasteiger partial charge < -0.3 is 14.8 Å². The van der Waals surface area contributed by atoms with Crippen LogP contribution >= 0.6 is 0 Å². The fourth-order valence-electron chi connectivity index (χ4n) is 2.83. The van der Waals surface area contributed by atoms with Crippen molar-refractivity contribution in [3.63, 3.8) is 0 Å². The van der Waals surface area contributed by atoms with Crippen molar-refractivity contribution in [2.75, 3.05) is 19.6 Å². The Morgan fingerprint density at radius 1 is 1.11 bits per heavy atom. The van der Waals surface area contributed by atoms with Gasteiger partial charge in [0.05, 0.1) is 19.6 Å². The molecule has 114 valence electrons.